The summed E-state index contributed by atoms with van der Waals surface area (Å²) >= 11 is 6.28. The number of hydrogen-bond donors (Lipinski definition) is 1. The quantitative estimate of drug-likeness (QED) is 0.616. The lowest BCUT2D eigenvalue weighted by molar-refractivity contribution is -0.140. The number of halogens is 1. The molecule has 1 atom stereocenters. The smallest absolute Gasteiger partial charge is 0.244 e. The summed E-state index contributed by atoms with van der Waals surface area (Å²) in [6.45, 7) is 3.22. The summed E-state index contributed by atoms with van der Waals surface area (Å²) in [6, 6.07) is 13.2. The SMILES string of the molecule is CC[C@@H](C(=O)NC)N(Cc1ccccc1Cl)C(=O)CN(c1ccccc1C)S(C)(=O)=O. The Kier molecular flexibility index (Phi) is 8.47. The van der Waals surface area contributed by atoms with Gasteiger partial charge in [-0.05, 0) is 36.6 Å². The number of carbonyl (C=O) groups excluding carboxylic acids is 2. The van der Waals surface area contributed by atoms with Gasteiger partial charge in [0.2, 0.25) is 21.8 Å². The Labute approximate surface area is 189 Å². The van der Waals surface area contributed by atoms with E-state index in [1.165, 1.54) is 11.9 Å². The maximum absolute atomic E-state index is 13.4. The zero-order valence-corrected chi connectivity index (χ0v) is 19.7. The molecule has 1 N–H and O–H groups in total. The highest BCUT2D eigenvalue weighted by Gasteiger charge is 2.31. The third-order valence-corrected chi connectivity index (χ3v) is 6.49. The minimum absolute atomic E-state index is 0.0792. The van der Waals surface area contributed by atoms with Crippen LogP contribution in [0.15, 0.2) is 48.5 Å². The number of likely N-dealkylation sites (N-methyl/N-ethyl adjacent to an activating group) is 1. The number of anilines is 1. The monoisotopic (exact) mass is 465 g/mol. The highest BCUT2D eigenvalue weighted by Crippen LogP contribution is 2.24. The van der Waals surface area contributed by atoms with Gasteiger partial charge in [-0.2, -0.15) is 0 Å². The Morgan fingerprint density at radius 1 is 1.10 bits per heavy atom. The van der Waals surface area contributed by atoms with E-state index in [9.17, 15) is 18.0 Å². The van der Waals surface area contributed by atoms with Crippen molar-refractivity contribution in [1.82, 2.24) is 10.2 Å². The summed E-state index contributed by atoms with van der Waals surface area (Å²) in [5, 5.41) is 3.04. The van der Waals surface area contributed by atoms with Crippen molar-refractivity contribution in [1.29, 1.82) is 0 Å². The molecular formula is C22H28ClN3O4S. The average molecular weight is 466 g/mol. The van der Waals surface area contributed by atoms with Gasteiger partial charge in [-0.25, -0.2) is 8.42 Å². The van der Waals surface area contributed by atoms with Gasteiger partial charge in [-0.1, -0.05) is 54.9 Å². The van der Waals surface area contributed by atoms with Crippen LogP contribution in [0.4, 0.5) is 5.69 Å². The fraction of sp³-hybridized carbons (Fsp3) is 0.364. The van der Waals surface area contributed by atoms with Gasteiger partial charge < -0.3 is 10.2 Å². The van der Waals surface area contributed by atoms with Crippen molar-refractivity contribution in [2.24, 2.45) is 0 Å². The number of benzene rings is 2. The molecule has 0 unspecified atom stereocenters. The third-order valence-electron chi connectivity index (χ3n) is 4.99. The molecule has 9 heteroatoms. The second kappa shape index (κ2) is 10.6. The lowest BCUT2D eigenvalue weighted by Gasteiger charge is -2.33. The molecule has 0 radical (unpaired) electrons. The largest absolute Gasteiger partial charge is 0.357 e. The number of nitrogens with zero attached hydrogens (tertiary/aromatic N) is 2. The molecule has 0 bridgehead atoms. The van der Waals surface area contributed by atoms with Crippen LogP contribution in [0.2, 0.25) is 5.02 Å². The maximum atomic E-state index is 13.4. The van der Waals surface area contributed by atoms with Crippen LogP contribution >= 0.6 is 11.6 Å². The molecule has 0 saturated heterocycles. The predicted octanol–water partition coefficient (Wildman–Crippen LogP) is 2.97. The van der Waals surface area contributed by atoms with E-state index < -0.39 is 28.5 Å². The van der Waals surface area contributed by atoms with Crippen molar-refractivity contribution in [2.45, 2.75) is 32.9 Å². The second-order valence-electron chi connectivity index (χ2n) is 7.21. The predicted molar refractivity (Wildman–Crippen MR) is 124 cm³/mol. The highest BCUT2D eigenvalue weighted by molar-refractivity contribution is 7.92. The number of nitrogens with one attached hydrogen (secondary N) is 1. The van der Waals surface area contributed by atoms with Crippen LogP contribution in [-0.2, 0) is 26.2 Å². The van der Waals surface area contributed by atoms with Gasteiger partial charge in [0.1, 0.15) is 12.6 Å². The fourth-order valence-corrected chi connectivity index (χ4v) is 4.44. The normalized spacial score (nSPS) is 12.2. The Morgan fingerprint density at radius 2 is 1.71 bits per heavy atom. The molecule has 2 aromatic carbocycles. The first-order valence-corrected chi connectivity index (χ1v) is 12.1. The van der Waals surface area contributed by atoms with Crippen LogP contribution in [0, 0.1) is 6.92 Å². The number of rotatable bonds is 9. The molecule has 0 aromatic heterocycles. The summed E-state index contributed by atoms with van der Waals surface area (Å²) in [5.74, 6) is -0.825. The molecule has 7 nitrogen and oxygen atoms in total. The van der Waals surface area contributed by atoms with E-state index in [0.29, 0.717) is 22.7 Å². The zero-order valence-electron chi connectivity index (χ0n) is 18.1. The topological polar surface area (TPSA) is 86.8 Å². The number of aryl methyl sites for hydroxylation is 1. The van der Waals surface area contributed by atoms with Crippen molar-refractivity contribution >= 4 is 39.1 Å². The molecule has 0 aliphatic rings. The number of carbonyl (C=O) groups is 2. The van der Waals surface area contributed by atoms with Gasteiger partial charge in [0.15, 0.2) is 0 Å². The molecule has 0 spiro atoms. The van der Waals surface area contributed by atoms with Gasteiger partial charge in [0.05, 0.1) is 11.9 Å². The minimum Gasteiger partial charge on any atom is -0.357 e. The van der Waals surface area contributed by atoms with E-state index in [4.69, 9.17) is 11.6 Å². The summed E-state index contributed by atoms with van der Waals surface area (Å²) in [4.78, 5) is 27.3. The van der Waals surface area contributed by atoms with E-state index in [1.54, 1.807) is 62.4 Å². The highest BCUT2D eigenvalue weighted by atomic mass is 35.5. The summed E-state index contributed by atoms with van der Waals surface area (Å²) in [6.07, 6.45) is 1.42. The van der Waals surface area contributed by atoms with E-state index in [1.807, 2.05) is 0 Å². The van der Waals surface area contributed by atoms with Crippen LogP contribution in [0.25, 0.3) is 0 Å². The van der Waals surface area contributed by atoms with Crippen molar-refractivity contribution in [3.8, 4) is 0 Å². The fourth-order valence-electron chi connectivity index (χ4n) is 3.33. The molecule has 0 heterocycles. The van der Waals surface area contributed by atoms with Crippen molar-refractivity contribution in [2.75, 3.05) is 24.2 Å². The lowest BCUT2D eigenvalue weighted by atomic mass is 10.1. The van der Waals surface area contributed by atoms with Crippen molar-refractivity contribution in [3.63, 3.8) is 0 Å². The Balaban J connectivity index is 2.46. The maximum Gasteiger partial charge on any atom is 0.244 e. The Hall–Kier alpha value is -2.58. The van der Waals surface area contributed by atoms with E-state index in [-0.39, 0.29) is 12.5 Å². The number of amides is 2. The number of sulfonamides is 1. The molecule has 168 valence electrons. The van der Waals surface area contributed by atoms with Crippen LogP contribution in [0.5, 0.6) is 0 Å². The number of hydrogen-bond acceptors (Lipinski definition) is 4. The molecule has 2 rings (SSSR count). The van der Waals surface area contributed by atoms with E-state index in [2.05, 4.69) is 5.32 Å². The molecule has 0 aliphatic heterocycles. The van der Waals surface area contributed by atoms with Gasteiger partial charge in [-0.15, -0.1) is 0 Å². The first kappa shape index (κ1) is 24.7. The van der Waals surface area contributed by atoms with E-state index in [0.717, 1.165) is 16.1 Å². The van der Waals surface area contributed by atoms with Gasteiger partial charge in [0.25, 0.3) is 0 Å². The van der Waals surface area contributed by atoms with Crippen molar-refractivity contribution < 1.29 is 18.0 Å². The average Bonchev–Trinajstić information content (AvgIpc) is 2.72. The van der Waals surface area contributed by atoms with Crippen LogP contribution in [-0.4, -0.2) is 51.0 Å². The Bertz CT molecular complexity index is 1040. The first-order chi connectivity index (χ1) is 14.6. The second-order valence-corrected chi connectivity index (χ2v) is 9.52. The first-order valence-electron chi connectivity index (χ1n) is 9.88. The minimum atomic E-state index is -3.75. The summed E-state index contributed by atoms with van der Waals surface area (Å²) in [7, 11) is -2.25. The molecule has 2 amide bonds. The molecule has 2 aromatic rings. The third kappa shape index (κ3) is 6.21. The molecule has 0 fully saturated rings. The van der Waals surface area contributed by atoms with Gasteiger partial charge in [0, 0.05) is 18.6 Å². The van der Waals surface area contributed by atoms with E-state index >= 15 is 0 Å². The lowest BCUT2D eigenvalue weighted by Crippen LogP contribution is -2.51. The zero-order chi connectivity index (χ0) is 23.2. The van der Waals surface area contributed by atoms with Crippen LogP contribution in [0.3, 0.4) is 0 Å². The molecule has 0 aliphatic carbocycles. The van der Waals surface area contributed by atoms with Crippen molar-refractivity contribution in [3.05, 3.63) is 64.7 Å². The standard InChI is InChI=1S/C22H28ClN3O4S/c1-5-19(22(28)24-3)25(14-17-11-7-8-12-18(17)23)21(27)15-26(31(4,29)30)20-13-9-6-10-16(20)2/h6-13,19H,5,14-15H2,1-4H3,(H,24,28)/t19-/m0/s1. The molecular weight excluding hydrogens is 438 g/mol. The molecule has 0 saturated carbocycles. The van der Waals surface area contributed by atoms with Gasteiger partial charge in [-0.3, -0.25) is 13.9 Å². The Morgan fingerprint density at radius 3 is 2.26 bits per heavy atom. The number of para-hydroxylation sites is 1. The van der Waals surface area contributed by atoms with Crippen LogP contribution < -0.4 is 9.62 Å². The summed E-state index contributed by atoms with van der Waals surface area (Å²) < 4.78 is 26.1. The van der Waals surface area contributed by atoms with Crippen LogP contribution in [0.1, 0.15) is 24.5 Å². The van der Waals surface area contributed by atoms with Gasteiger partial charge >= 0.3 is 0 Å². The molecule has 31 heavy (non-hydrogen) atoms. The summed E-state index contributed by atoms with van der Waals surface area (Å²) in [5.41, 5.74) is 1.81.